The van der Waals surface area contributed by atoms with Crippen molar-refractivity contribution in [3.05, 3.63) is 89.5 Å². The monoisotopic (exact) mass is 518 g/mol. The normalized spacial score (nSPS) is 11.7. The van der Waals surface area contributed by atoms with Gasteiger partial charge in [-0.05, 0) is 60.7 Å². The quantitative estimate of drug-likeness (QED) is 0.382. The zero-order chi connectivity index (χ0) is 27.7. The number of carboxylic acid groups (broad SMARTS) is 1. The molecule has 0 spiro atoms. The van der Waals surface area contributed by atoms with Crippen molar-refractivity contribution in [3.8, 4) is 17.6 Å². The van der Waals surface area contributed by atoms with Gasteiger partial charge in [-0.2, -0.15) is 5.26 Å². The number of carbonyl (C=O) groups excluding carboxylic acids is 3. The molecule has 0 saturated heterocycles. The molecule has 194 valence electrons. The molecule has 0 unspecified atom stereocenters. The largest absolute Gasteiger partial charge is 0.497 e. The number of nitriles is 1. The molecule has 0 heterocycles. The average molecular weight is 518 g/mol. The smallest absolute Gasteiger partial charge is 0.349 e. The van der Waals surface area contributed by atoms with E-state index in [1.807, 2.05) is 6.07 Å². The first-order valence-electron chi connectivity index (χ1n) is 11.0. The van der Waals surface area contributed by atoms with Crippen LogP contribution in [0.5, 0.6) is 11.5 Å². The van der Waals surface area contributed by atoms with Crippen molar-refractivity contribution in [1.82, 2.24) is 0 Å². The van der Waals surface area contributed by atoms with Gasteiger partial charge in [-0.3, -0.25) is 4.79 Å². The second-order valence-electron chi connectivity index (χ2n) is 7.63. The topological polar surface area (TPSA) is 161 Å². The standard InChI is InChI=1S/C27H22N2O9/c1-35-20-7-3-5-17(13-20)26(33)37-22(24(30)29-19-11-9-16(15-28)10-12-19)23(25(31)32)38-27(34)18-6-4-8-21(14-18)36-2/h3-14,22-23H,1-2H3,(H,29,30)(H,31,32)/t22-,23-/m1/s1. The van der Waals surface area contributed by atoms with Gasteiger partial charge in [0.25, 0.3) is 5.91 Å². The molecular weight excluding hydrogens is 496 g/mol. The minimum absolute atomic E-state index is 0.0382. The van der Waals surface area contributed by atoms with E-state index >= 15 is 0 Å². The maximum atomic E-state index is 13.2. The van der Waals surface area contributed by atoms with Gasteiger partial charge in [-0.25, -0.2) is 14.4 Å². The predicted molar refractivity (Wildman–Crippen MR) is 132 cm³/mol. The van der Waals surface area contributed by atoms with Gasteiger partial charge in [0.05, 0.1) is 37.0 Å². The third-order valence-electron chi connectivity index (χ3n) is 5.14. The fourth-order valence-electron chi connectivity index (χ4n) is 3.20. The Labute approximate surface area is 217 Å². The van der Waals surface area contributed by atoms with E-state index in [0.29, 0.717) is 17.1 Å². The molecule has 0 radical (unpaired) electrons. The summed E-state index contributed by atoms with van der Waals surface area (Å²) in [5.74, 6) is -4.35. The van der Waals surface area contributed by atoms with Crippen LogP contribution in [0.2, 0.25) is 0 Å². The Bertz CT molecular complexity index is 1380. The number of anilines is 1. The van der Waals surface area contributed by atoms with Crippen LogP contribution in [0.15, 0.2) is 72.8 Å². The highest BCUT2D eigenvalue weighted by Gasteiger charge is 2.41. The summed E-state index contributed by atoms with van der Waals surface area (Å²) in [6, 6.07) is 19.1. The molecule has 11 heteroatoms. The predicted octanol–water partition coefficient (Wildman–Crippen LogP) is 3.05. The molecule has 0 bridgehead atoms. The number of hydrogen-bond donors (Lipinski definition) is 2. The van der Waals surface area contributed by atoms with Crippen molar-refractivity contribution in [2.45, 2.75) is 12.2 Å². The van der Waals surface area contributed by atoms with Crippen molar-refractivity contribution in [2.75, 3.05) is 19.5 Å². The second-order valence-corrected chi connectivity index (χ2v) is 7.63. The molecule has 0 aliphatic carbocycles. The molecule has 3 aromatic rings. The number of carbonyl (C=O) groups is 4. The molecule has 0 aliphatic heterocycles. The van der Waals surface area contributed by atoms with Crippen molar-refractivity contribution >= 4 is 29.5 Å². The highest BCUT2D eigenvalue weighted by Crippen LogP contribution is 2.20. The van der Waals surface area contributed by atoms with Gasteiger partial charge in [0.1, 0.15) is 11.5 Å². The van der Waals surface area contributed by atoms with E-state index in [0.717, 1.165) is 0 Å². The lowest BCUT2D eigenvalue weighted by atomic mass is 10.1. The van der Waals surface area contributed by atoms with E-state index in [9.17, 15) is 24.3 Å². The van der Waals surface area contributed by atoms with Gasteiger partial charge in [0, 0.05) is 5.69 Å². The summed E-state index contributed by atoms with van der Waals surface area (Å²) in [7, 11) is 2.77. The highest BCUT2D eigenvalue weighted by molar-refractivity contribution is 6.01. The third kappa shape index (κ3) is 6.86. The molecule has 0 aliphatic rings. The zero-order valence-electron chi connectivity index (χ0n) is 20.2. The Morgan fingerprint density at radius 1 is 0.789 bits per heavy atom. The van der Waals surface area contributed by atoms with Gasteiger partial charge >= 0.3 is 17.9 Å². The minimum atomic E-state index is -2.22. The number of hydrogen-bond acceptors (Lipinski definition) is 9. The fourth-order valence-corrected chi connectivity index (χ4v) is 3.20. The van der Waals surface area contributed by atoms with Crippen molar-refractivity contribution < 1.29 is 43.2 Å². The molecule has 0 aromatic heterocycles. The van der Waals surface area contributed by atoms with Crippen LogP contribution in [0.3, 0.4) is 0 Å². The average Bonchev–Trinajstić information content (AvgIpc) is 2.94. The molecule has 2 N–H and O–H groups in total. The minimum Gasteiger partial charge on any atom is -0.497 e. The highest BCUT2D eigenvalue weighted by atomic mass is 16.6. The van der Waals surface area contributed by atoms with Gasteiger partial charge in [0.2, 0.25) is 12.2 Å². The number of benzene rings is 3. The lowest BCUT2D eigenvalue weighted by Crippen LogP contribution is -2.48. The number of ether oxygens (including phenoxy) is 4. The Kier molecular flexibility index (Phi) is 8.99. The number of aliphatic carboxylic acids is 1. The number of nitrogens with zero attached hydrogens (tertiary/aromatic N) is 1. The SMILES string of the molecule is COc1cccc(C(=O)O[C@@H](C(=O)O)[C@@H](OC(=O)c2cccc(OC)c2)C(=O)Nc2ccc(C#N)cc2)c1. The van der Waals surface area contributed by atoms with Crippen LogP contribution in [-0.2, 0) is 19.1 Å². The fraction of sp³-hybridized carbons (Fsp3) is 0.148. The summed E-state index contributed by atoms with van der Waals surface area (Å²) < 4.78 is 20.6. The summed E-state index contributed by atoms with van der Waals surface area (Å²) in [5.41, 5.74) is 0.407. The van der Waals surface area contributed by atoms with Gasteiger partial charge in [-0.15, -0.1) is 0 Å². The lowest BCUT2D eigenvalue weighted by molar-refractivity contribution is -0.157. The van der Waals surface area contributed by atoms with Gasteiger partial charge < -0.3 is 29.4 Å². The van der Waals surface area contributed by atoms with E-state index in [1.54, 1.807) is 12.1 Å². The molecule has 0 saturated carbocycles. The molecule has 1 amide bonds. The number of rotatable bonds is 10. The van der Waals surface area contributed by atoms with Gasteiger partial charge in [0.15, 0.2) is 0 Å². The first-order valence-corrected chi connectivity index (χ1v) is 11.0. The molecule has 11 nitrogen and oxygen atoms in total. The van der Waals surface area contributed by atoms with E-state index in [4.69, 9.17) is 24.2 Å². The maximum absolute atomic E-state index is 13.2. The van der Waals surface area contributed by atoms with Crippen molar-refractivity contribution in [2.24, 2.45) is 0 Å². The zero-order valence-corrected chi connectivity index (χ0v) is 20.2. The van der Waals surface area contributed by atoms with Crippen LogP contribution < -0.4 is 14.8 Å². The molecule has 38 heavy (non-hydrogen) atoms. The second kappa shape index (κ2) is 12.5. The van der Waals surface area contributed by atoms with Crippen LogP contribution in [0.1, 0.15) is 26.3 Å². The molecule has 3 rings (SSSR count). The van der Waals surface area contributed by atoms with Crippen LogP contribution in [0, 0.1) is 11.3 Å². The van der Waals surface area contributed by atoms with Crippen LogP contribution in [-0.4, -0.2) is 55.3 Å². The van der Waals surface area contributed by atoms with E-state index < -0.39 is 36.0 Å². The lowest BCUT2D eigenvalue weighted by Gasteiger charge is -2.23. The first kappa shape index (κ1) is 27.2. The summed E-state index contributed by atoms with van der Waals surface area (Å²) in [6.45, 7) is 0. The maximum Gasteiger partial charge on any atom is 0.349 e. The van der Waals surface area contributed by atoms with Crippen LogP contribution in [0.25, 0.3) is 0 Å². The Balaban J connectivity index is 1.93. The number of nitrogens with one attached hydrogen (secondary N) is 1. The molecule has 2 atom stereocenters. The van der Waals surface area contributed by atoms with Crippen LogP contribution >= 0.6 is 0 Å². The van der Waals surface area contributed by atoms with Crippen LogP contribution in [0.4, 0.5) is 5.69 Å². The molecule has 0 fully saturated rings. The molecular formula is C27H22N2O9. The summed E-state index contributed by atoms with van der Waals surface area (Å²) in [4.78, 5) is 51.0. The van der Waals surface area contributed by atoms with Crippen molar-refractivity contribution in [3.63, 3.8) is 0 Å². The van der Waals surface area contributed by atoms with E-state index in [2.05, 4.69) is 5.32 Å². The number of carboxylic acids is 1. The summed E-state index contributed by atoms with van der Waals surface area (Å²) >= 11 is 0. The third-order valence-corrected chi connectivity index (χ3v) is 5.14. The summed E-state index contributed by atoms with van der Waals surface area (Å²) in [5, 5.41) is 21.2. The first-order chi connectivity index (χ1) is 18.2. The number of esters is 2. The Hall–Kier alpha value is -5.37. The molecule has 3 aromatic carbocycles. The van der Waals surface area contributed by atoms with E-state index in [1.165, 1.54) is 74.9 Å². The number of methoxy groups -OCH3 is 2. The Morgan fingerprint density at radius 3 is 1.74 bits per heavy atom. The number of amides is 1. The van der Waals surface area contributed by atoms with E-state index in [-0.39, 0.29) is 16.8 Å². The van der Waals surface area contributed by atoms with Crippen molar-refractivity contribution in [1.29, 1.82) is 5.26 Å². The Morgan fingerprint density at radius 2 is 1.29 bits per heavy atom. The van der Waals surface area contributed by atoms with Gasteiger partial charge in [-0.1, -0.05) is 12.1 Å². The summed E-state index contributed by atoms with van der Waals surface area (Å²) in [6.07, 6.45) is -4.32.